The van der Waals surface area contributed by atoms with Crippen LogP contribution in [0.5, 0.6) is 0 Å². The average molecular weight is 736 g/mol. The van der Waals surface area contributed by atoms with E-state index in [1.807, 2.05) is 11.3 Å². The predicted molar refractivity (Wildman–Crippen MR) is 240 cm³/mol. The fourth-order valence-electron chi connectivity index (χ4n) is 10.0. The molecule has 268 valence electrons. The van der Waals surface area contributed by atoms with Crippen molar-refractivity contribution in [3.63, 3.8) is 0 Å². The van der Waals surface area contributed by atoms with Crippen LogP contribution in [-0.4, -0.2) is 0 Å². The zero-order valence-electron chi connectivity index (χ0n) is 32.1. The van der Waals surface area contributed by atoms with Crippen molar-refractivity contribution in [2.75, 3.05) is 4.90 Å². The van der Waals surface area contributed by atoms with Gasteiger partial charge < -0.3 is 4.90 Å². The molecule has 2 aliphatic rings. The molecule has 56 heavy (non-hydrogen) atoms. The number of para-hydroxylation sites is 1. The van der Waals surface area contributed by atoms with Crippen molar-refractivity contribution in [1.82, 2.24) is 0 Å². The topological polar surface area (TPSA) is 3.24 Å². The summed E-state index contributed by atoms with van der Waals surface area (Å²) in [5.74, 6) is 0. The van der Waals surface area contributed by atoms with Crippen LogP contribution in [0.25, 0.3) is 64.7 Å². The first-order chi connectivity index (χ1) is 27.3. The van der Waals surface area contributed by atoms with Crippen LogP contribution < -0.4 is 4.90 Å². The molecule has 11 rings (SSSR count). The highest BCUT2D eigenvalue weighted by Crippen LogP contribution is 2.56. The van der Waals surface area contributed by atoms with Crippen LogP contribution in [0.15, 0.2) is 176 Å². The lowest BCUT2D eigenvalue weighted by Gasteiger charge is -2.31. The van der Waals surface area contributed by atoms with Crippen molar-refractivity contribution in [3.05, 3.63) is 198 Å². The summed E-state index contributed by atoms with van der Waals surface area (Å²) >= 11 is 1.87. The van der Waals surface area contributed by atoms with E-state index in [1.165, 1.54) is 92.6 Å². The molecule has 9 aromatic rings. The number of rotatable bonds is 5. The zero-order valence-corrected chi connectivity index (χ0v) is 32.9. The zero-order chi connectivity index (χ0) is 37.8. The van der Waals surface area contributed by atoms with Gasteiger partial charge in [0.05, 0.1) is 11.4 Å². The number of benzene rings is 8. The van der Waals surface area contributed by atoms with Gasteiger partial charge in [-0.1, -0.05) is 161 Å². The molecule has 1 nitrogen and oxygen atoms in total. The Balaban J connectivity index is 1.16. The van der Waals surface area contributed by atoms with Gasteiger partial charge in [-0.05, 0) is 98.1 Å². The average Bonchev–Trinajstić information content (AvgIpc) is 3.81. The maximum absolute atomic E-state index is 2.54. The molecule has 8 aromatic carbocycles. The smallest absolute Gasteiger partial charge is 0.0543 e. The van der Waals surface area contributed by atoms with Crippen LogP contribution in [-0.2, 0) is 10.8 Å². The summed E-state index contributed by atoms with van der Waals surface area (Å²) in [4.78, 5) is 2.54. The third-order valence-electron chi connectivity index (χ3n) is 12.7. The summed E-state index contributed by atoms with van der Waals surface area (Å²) in [5.41, 5.74) is 19.0. The Morgan fingerprint density at radius 2 is 0.982 bits per heavy atom. The van der Waals surface area contributed by atoms with Crippen molar-refractivity contribution < 1.29 is 0 Å². The molecular formula is C54H41NS. The Morgan fingerprint density at radius 1 is 0.393 bits per heavy atom. The van der Waals surface area contributed by atoms with E-state index in [0.29, 0.717) is 0 Å². The number of fused-ring (bicyclic) bond motifs is 9. The first-order valence-electron chi connectivity index (χ1n) is 19.7. The molecule has 0 aliphatic heterocycles. The molecular weight excluding hydrogens is 695 g/mol. The minimum Gasteiger partial charge on any atom is -0.309 e. The number of hydrogen-bond donors (Lipinski definition) is 0. The molecule has 0 atom stereocenters. The summed E-state index contributed by atoms with van der Waals surface area (Å²) in [7, 11) is 0. The molecule has 1 heterocycles. The fourth-order valence-corrected chi connectivity index (χ4v) is 11.1. The van der Waals surface area contributed by atoms with Gasteiger partial charge in [0.2, 0.25) is 0 Å². The number of anilines is 3. The molecule has 0 spiro atoms. The van der Waals surface area contributed by atoms with E-state index in [1.54, 1.807) is 0 Å². The van der Waals surface area contributed by atoms with Crippen LogP contribution in [0.2, 0.25) is 0 Å². The maximum atomic E-state index is 2.54. The third-order valence-corrected chi connectivity index (χ3v) is 13.8. The lowest BCUT2D eigenvalue weighted by molar-refractivity contribution is 0.660. The molecule has 2 aliphatic carbocycles. The highest BCUT2D eigenvalue weighted by molar-refractivity contribution is 7.25. The standard InChI is InChI=1S/C54H41NS/c1-53(2)45-25-10-6-21-42(45)51-46(53)26-15-28-48(51)55(47-27-11-7-18-37(47)35-30-31-50-43(33-35)40-20-8-12-29-49(40)56-50)36-17-13-16-34(32-36)38-22-14-23-41-39-19-5-9-24-44(39)54(3,4)52(38)41/h5-33H,1-4H3. The van der Waals surface area contributed by atoms with E-state index in [-0.39, 0.29) is 10.8 Å². The van der Waals surface area contributed by atoms with Gasteiger partial charge in [-0.2, -0.15) is 0 Å². The van der Waals surface area contributed by atoms with E-state index in [2.05, 4.69) is 209 Å². The Hall–Kier alpha value is -6.22. The Labute approximate surface area is 333 Å². The van der Waals surface area contributed by atoms with Crippen LogP contribution in [0.4, 0.5) is 17.1 Å². The quantitative estimate of drug-likeness (QED) is 0.170. The Morgan fingerprint density at radius 3 is 1.84 bits per heavy atom. The van der Waals surface area contributed by atoms with Crippen molar-refractivity contribution in [2.24, 2.45) is 0 Å². The lowest BCUT2D eigenvalue weighted by atomic mass is 9.79. The molecule has 0 amide bonds. The van der Waals surface area contributed by atoms with Crippen LogP contribution >= 0.6 is 11.3 Å². The van der Waals surface area contributed by atoms with Gasteiger partial charge in [0.25, 0.3) is 0 Å². The highest BCUT2D eigenvalue weighted by atomic mass is 32.1. The number of thiophene rings is 1. The molecule has 0 fully saturated rings. The normalized spacial score (nSPS) is 14.4. The van der Waals surface area contributed by atoms with Crippen molar-refractivity contribution in [1.29, 1.82) is 0 Å². The van der Waals surface area contributed by atoms with E-state index in [9.17, 15) is 0 Å². The summed E-state index contributed by atoms with van der Waals surface area (Å²) in [6.07, 6.45) is 0. The molecule has 0 saturated heterocycles. The van der Waals surface area contributed by atoms with E-state index >= 15 is 0 Å². The van der Waals surface area contributed by atoms with Crippen LogP contribution in [0.3, 0.4) is 0 Å². The predicted octanol–water partition coefficient (Wildman–Crippen LogP) is 15.5. The molecule has 0 unspecified atom stereocenters. The molecule has 2 heteroatoms. The summed E-state index contributed by atoms with van der Waals surface area (Å²) in [6.45, 7) is 9.51. The molecule has 0 bridgehead atoms. The van der Waals surface area contributed by atoms with Gasteiger partial charge in [-0.15, -0.1) is 11.3 Å². The Bertz CT molecular complexity index is 3050. The number of hydrogen-bond acceptors (Lipinski definition) is 2. The fraction of sp³-hybridized carbons (Fsp3) is 0.111. The highest BCUT2D eigenvalue weighted by Gasteiger charge is 2.39. The summed E-state index contributed by atoms with van der Waals surface area (Å²) < 4.78 is 2.64. The largest absolute Gasteiger partial charge is 0.309 e. The third kappa shape index (κ3) is 4.72. The minimum absolute atomic E-state index is 0.120. The van der Waals surface area contributed by atoms with Gasteiger partial charge in [-0.3, -0.25) is 0 Å². The van der Waals surface area contributed by atoms with Crippen LogP contribution in [0.1, 0.15) is 49.9 Å². The van der Waals surface area contributed by atoms with E-state index in [4.69, 9.17) is 0 Å². The van der Waals surface area contributed by atoms with Gasteiger partial charge >= 0.3 is 0 Å². The second kappa shape index (κ2) is 12.1. The molecule has 0 saturated carbocycles. The van der Waals surface area contributed by atoms with Gasteiger partial charge in [-0.25, -0.2) is 0 Å². The molecule has 0 radical (unpaired) electrons. The summed E-state index contributed by atoms with van der Waals surface area (Å²) in [5, 5.41) is 2.63. The minimum atomic E-state index is -0.120. The van der Waals surface area contributed by atoms with E-state index < -0.39 is 0 Å². The molecule has 0 N–H and O–H groups in total. The number of nitrogens with zero attached hydrogens (tertiary/aromatic N) is 1. The first-order valence-corrected chi connectivity index (χ1v) is 20.5. The second-order valence-electron chi connectivity index (χ2n) is 16.5. The lowest BCUT2D eigenvalue weighted by Crippen LogP contribution is -2.17. The van der Waals surface area contributed by atoms with Crippen LogP contribution in [0, 0.1) is 0 Å². The monoisotopic (exact) mass is 735 g/mol. The van der Waals surface area contributed by atoms with Gasteiger partial charge in [0.1, 0.15) is 0 Å². The SMILES string of the molecule is CC1(C)c2ccccc2-c2c(N(c3cccc(-c4cccc5c4C(C)(C)c4ccccc4-5)c3)c3ccccc3-c3ccc4sc5ccccc5c4c3)cccc21. The van der Waals surface area contributed by atoms with Gasteiger partial charge in [0, 0.05) is 47.8 Å². The maximum Gasteiger partial charge on any atom is 0.0543 e. The van der Waals surface area contributed by atoms with Crippen molar-refractivity contribution in [3.8, 4) is 44.5 Å². The first kappa shape index (κ1) is 33.1. The van der Waals surface area contributed by atoms with Crippen molar-refractivity contribution >= 4 is 48.6 Å². The van der Waals surface area contributed by atoms with Gasteiger partial charge in [0.15, 0.2) is 0 Å². The molecule has 1 aromatic heterocycles. The van der Waals surface area contributed by atoms with E-state index in [0.717, 1.165) is 11.4 Å². The second-order valence-corrected chi connectivity index (χ2v) is 17.6. The summed E-state index contributed by atoms with van der Waals surface area (Å²) in [6, 6.07) is 65.8. The Kier molecular flexibility index (Phi) is 7.18. The van der Waals surface area contributed by atoms with Crippen molar-refractivity contribution in [2.45, 2.75) is 38.5 Å².